The van der Waals surface area contributed by atoms with Crippen molar-refractivity contribution < 1.29 is 17.2 Å². The van der Waals surface area contributed by atoms with E-state index >= 15 is 0 Å². The summed E-state index contributed by atoms with van der Waals surface area (Å²) < 4.78 is 46.2. The van der Waals surface area contributed by atoms with Gasteiger partial charge in [0.25, 0.3) is 15.5 Å². The topological polar surface area (TPSA) is 73.0 Å². The number of hydrogen-bond acceptors (Lipinski definition) is 4. The third-order valence-corrected chi connectivity index (χ3v) is 3.80. The Morgan fingerprint density at radius 1 is 1.53 bits per heavy atom. The lowest BCUT2D eigenvalue weighted by Gasteiger charge is -2.07. The Kier molecular flexibility index (Phi) is 3.51. The molecule has 0 spiro atoms. The van der Waals surface area contributed by atoms with E-state index in [2.05, 4.69) is 20.9 Å². The summed E-state index contributed by atoms with van der Waals surface area (Å²) in [5, 5.41) is -0.578. The van der Waals surface area contributed by atoms with Crippen molar-refractivity contribution in [2.24, 2.45) is 0 Å². The van der Waals surface area contributed by atoms with E-state index < -0.39 is 26.1 Å². The maximum absolute atomic E-state index is 12.3. The number of anilines is 1. The van der Waals surface area contributed by atoms with E-state index in [9.17, 15) is 17.2 Å². The molecule has 0 radical (unpaired) electrons. The molecule has 0 unspecified atom stereocenters. The van der Waals surface area contributed by atoms with E-state index in [0.29, 0.717) is 6.20 Å². The molecule has 4 nitrogen and oxygen atoms in total. The standard InChI is InChI=1S/C6H4BrClF2N2O2S/c7-3-4(11)2(5(9)10)1-12-6(3)15(8,13)14/h1,5H,(H2,11,12). The first-order valence-electron chi connectivity index (χ1n) is 3.42. The SMILES string of the molecule is Nc1c(C(F)F)cnc(S(=O)(=O)Cl)c1Br. The molecule has 1 rings (SSSR count). The maximum Gasteiger partial charge on any atom is 0.279 e. The van der Waals surface area contributed by atoms with Crippen molar-refractivity contribution >= 4 is 41.4 Å². The number of aromatic nitrogens is 1. The van der Waals surface area contributed by atoms with Gasteiger partial charge in [-0.05, 0) is 15.9 Å². The summed E-state index contributed by atoms with van der Waals surface area (Å²) >= 11 is 2.75. The normalized spacial score (nSPS) is 12.1. The summed E-state index contributed by atoms with van der Waals surface area (Å²) in [6.07, 6.45) is -2.15. The first-order valence-corrected chi connectivity index (χ1v) is 6.52. The van der Waals surface area contributed by atoms with Gasteiger partial charge >= 0.3 is 0 Å². The van der Waals surface area contributed by atoms with Crippen LogP contribution < -0.4 is 5.73 Å². The molecular formula is C6H4BrClF2N2O2S. The first-order chi connectivity index (χ1) is 6.75. The van der Waals surface area contributed by atoms with Crippen LogP contribution in [-0.4, -0.2) is 13.4 Å². The zero-order valence-corrected chi connectivity index (χ0v) is 10.1. The zero-order valence-electron chi connectivity index (χ0n) is 6.92. The van der Waals surface area contributed by atoms with Crippen LogP contribution in [0.15, 0.2) is 15.7 Å². The average Bonchev–Trinajstić information content (AvgIpc) is 2.06. The lowest BCUT2D eigenvalue weighted by Crippen LogP contribution is -2.04. The van der Waals surface area contributed by atoms with Gasteiger partial charge < -0.3 is 5.73 Å². The number of rotatable bonds is 2. The van der Waals surface area contributed by atoms with Gasteiger partial charge in [-0.1, -0.05) is 0 Å². The molecule has 1 heterocycles. The highest BCUT2D eigenvalue weighted by Crippen LogP contribution is 2.34. The van der Waals surface area contributed by atoms with Crippen molar-refractivity contribution in [3.63, 3.8) is 0 Å². The summed E-state index contributed by atoms with van der Waals surface area (Å²) in [5.74, 6) is 0. The van der Waals surface area contributed by atoms with E-state index in [1.165, 1.54) is 0 Å². The molecule has 1 aromatic rings. The van der Waals surface area contributed by atoms with E-state index in [0.717, 1.165) is 0 Å². The summed E-state index contributed by atoms with van der Waals surface area (Å²) in [5.41, 5.74) is 4.35. The van der Waals surface area contributed by atoms with Gasteiger partial charge in [0.15, 0.2) is 5.03 Å². The lowest BCUT2D eigenvalue weighted by atomic mass is 10.2. The number of hydrogen-bond donors (Lipinski definition) is 1. The van der Waals surface area contributed by atoms with Gasteiger partial charge in [0.05, 0.1) is 15.7 Å². The molecule has 0 aliphatic carbocycles. The second kappa shape index (κ2) is 4.18. The zero-order chi connectivity index (χ0) is 11.8. The molecule has 9 heteroatoms. The predicted molar refractivity (Wildman–Crippen MR) is 54.3 cm³/mol. The van der Waals surface area contributed by atoms with Crippen LogP contribution in [0, 0.1) is 0 Å². The van der Waals surface area contributed by atoms with Gasteiger partial charge in [-0.15, -0.1) is 0 Å². The molecule has 15 heavy (non-hydrogen) atoms. The highest BCUT2D eigenvalue weighted by molar-refractivity contribution is 9.10. The van der Waals surface area contributed by atoms with E-state index in [1.54, 1.807) is 0 Å². The molecule has 1 aromatic heterocycles. The first kappa shape index (κ1) is 12.6. The Morgan fingerprint density at radius 3 is 2.47 bits per heavy atom. The number of nitrogens with two attached hydrogens (primary N) is 1. The van der Waals surface area contributed by atoms with Gasteiger partial charge in [-0.3, -0.25) is 0 Å². The van der Waals surface area contributed by atoms with E-state index in [-0.39, 0.29) is 10.2 Å². The van der Waals surface area contributed by atoms with E-state index in [1.807, 2.05) is 0 Å². The number of pyridine rings is 1. The minimum atomic E-state index is -4.11. The summed E-state index contributed by atoms with van der Waals surface area (Å²) in [7, 11) is 0.895. The molecule has 0 fully saturated rings. The molecule has 0 aliphatic rings. The average molecular weight is 322 g/mol. The largest absolute Gasteiger partial charge is 0.397 e. The third-order valence-electron chi connectivity index (χ3n) is 1.52. The van der Waals surface area contributed by atoms with Gasteiger partial charge in [-0.25, -0.2) is 22.2 Å². The minimum absolute atomic E-state index is 0.254. The van der Waals surface area contributed by atoms with E-state index in [4.69, 9.17) is 16.4 Å². The Hall–Kier alpha value is -0.470. The molecule has 0 saturated carbocycles. The van der Waals surface area contributed by atoms with Crippen LogP contribution in [0.25, 0.3) is 0 Å². The van der Waals surface area contributed by atoms with Crippen molar-refractivity contribution in [3.8, 4) is 0 Å². The van der Waals surface area contributed by atoms with Crippen molar-refractivity contribution in [1.29, 1.82) is 0 Å². The molecule has 84 valence electrons. The van der Waals surface area contributed by atoms with Crippen LogP contribution in [0.1, 0.15) is 12.0 Å². The van der Waals surface area contributed by atoms with Crippen molar-refractivity contribution in [2.75, 3.05) is 5.73 Å². The van der Waals surface area contributed by atoms with Crippen LogP contribution in [-0.2, 0) is 9.05 Å². The molecule has 0 aromatic carbocycles. The maximum atomic E-state index is 12.3. The van der Waals surface area contributed by atoms with Crippen LogP contribution in [0.4, 0.5) is 14.5 Å². The third kappa shape index (κ3) is 2.56. The Labute approximate surface area is 97.0 Å². The number of nitrogen functional groups attached to an aromatic ring is 1. The second-order valence-corrected chi connectivity index (χ2v) is 5.76. The van der Waals surface area contributed by atoms with Gasteiger partial charge in [0.2, 0.25) is 0 Å². The van der Waals surface area contributed by atoms with Crippen molar-refractivity contribution in [2.45, 2.75) is 11.5 Å². The summed E-state index contributed by atoms with van der Waals surface area (Å²) in [6.45, 7) is 0. The summed E-state index contributed by atoms with van der Waals surface area (Å²) in [6, 6.07) is 0. The minimum Gasteiger partial charge on any atom is -0.397 e. The van der Waals surface area contributed by atoms with Crippen molar-refractivity contribution in [1.82, 2.24) is 4.98 Å². The smallest absolute Gasteiger partial charge is 0.279 e. The molecule has 0 bridgehead atoms. The number of alkyl halides is 2. The van der Waals surface area contributed by atoms with Crippen LogP contribution in [0.5, 0.6) is 0 Å². The van der Waals surface area contributed by atoms with Crippen LogP contribution in [0.3, 0.4) is 0 Å². The quantitative estimate of drug-likeness (QED) is 0.848. The number of nitrogens with zero attached hydrogens (tertiary/aromatic N) is 1. The molecule has 0 atom stereocenters. The Balaban J connectivity index is 3.48. The molecule has 0 amide bonds. The molecular weight excluding hydrogens is 317 g/mol. The highest BCUT2D eigenvalue weighted by atomic mass is 79.9. The Morgan fingerprint density at radius 2 is 2.07 bits per heavy atom. The number of halogens is 4. The fourth-order valence-corrected chi connectivity index (χ4v) is 2.94. The van der Waals surface area contributed by atoms with Gasteiger partial charge in [0, 0.05) is 16.9 Å². The lowest BCUT2D eigenvalue weighted by molar-refractivity contribution is 0.151. The van der Waals surface area contributed by atoms with Gasteiger partial charge in [-0.2, -0.15) is 0 Å². The van der Waals surface area contributed by atoms with Crippen molar-refractivity contribution in [3.05, 3.63) is 16.2 Å². The van der Waals surface area contributed by atoms with Crippen LogP contribution in [0.2, 0.25) is 0 Å². The predicted octanol–water partition coefficient (Wildman–Crippen LogP) is 2.29. The summed E-state index contributed by atoms with van der Waals surface area (Å²) in [4.78, 5) is 3.30. The fourth-order valence-electron chi connectivity index (χ4n) is 0.840. The highest BCUT2D eigenvalue weighted by Gasteiger charge is 2.23. The van der Waals surface area contributed by atoms with Gasteiger partial charge in [0.1, 0.15) is 0 Å². The second-order valence-electron chi connectivity index (χ2n) is 2.48. The Bertz CT molecular complexity index is 494. The fraction of sp³-hybridized carbons (Fsp3) is 0.167. The van der Waals surface area contributed by atoms with Crippen LogP contribution >= 0.6 is 26.6 Å². The monoisotopic (exact) mass is 320 g/mol. The molecule has 0 saturated heterocycles. The molecule has 2 N–H and O–H groups in total. The molecule has 0 aliphatic heterocycles.